The zero-order chi connectivity index (χ0) is 15.6. The van der Waals surface area contributed by atoms with E-state index in [1.54, 1.807) is 11.9 Å². The summed E-state index contributed by atoms with van der Waals surface area (Å²) in [5.41, 5.74) is 6.48. The van der Waals surface area contributed by atoms with E-state index in [9.17, 15) is 4.79 Å². The Hall–Kier alpha value is -1.39. The Balaban J connectivity index is 1.82. The first-order chi connectivity index (χ1) is 10.6. The Morgan fingerprint density at radius 1 is 1.23 bits per heavy atom. The molecule has 4 nitrogen and oxygen atoms in total. The highest BCUT2D eigenvalue weighted by Gasteiger charge is 2.49. The second-order valence-electron chi connectivity index (χ2n) is 6.82. The van der Waals surface area contributed by atoms with E-state index in [0.717, 1.165) is 24.3 Å². The van der Waals surface area contributed by atoms with Gasteiger partial charge in [-0.2, -0.15) is 0 Å². The van der Waals surface area contributed by atoms with Crippen molar-refractivity contribution in [2.45, 2.75) is 56.8 Å². The van der Waals surface area contributed by atoms with Gasteiger partial charge in [0.15, 0.2) is 0 Å². The number of likely N-dealkylation sites (N-methyl/N-ethyl adjacent to an activating group) is 1. The molecule has 1 aliphatic heterocycles. The second kappa shape index (κ2) is 6.39. The van der Waals surface area contributed by atoms with Crippen molar-refractivity contribution in [3.05, 3.63) is 35.9 Å². The molecule has 0 bridgehead atoms. The highest BCUT2D eigenvalue weighted by Crippen LogP contribution is 2.37. The number of benzene rings is 1. The van der Waals surface area contributed by atoms with E-state index < -0.39 is 11.8 Å². The highest BCUT2D eigenvalue weighted by atomic mass is 16.2. The van der Waals surface area contributed by atoms with Gasteiger partial charge in [-0.15, -0.1) is 0 Å². The molecular weight excluding hydrogens is 274 g/mol. The van der Waals surface area contributed by atoms with Gasteiger partial charge in [-0.25, -0.2) is 0 Å². The van der Waals surface area contributed by atoms with E-state index >= 15 is 0 Å². The Bertz CT molecular complexity index is 512. The van der Waals surface area contributed by atoms with Gasteiger partial charge in [0.25, 0.3) is 0 Å². The average Bonchev–Trinajstić information content (AvgIpc) is 2.80. The minimum Gasteiger partial charge on any atom is -0.316 e. The van der Waals surface area contributed by atoms with Crippen LogP contribution in [0.3, 0.4) is 0 Å². The maximum atomic E-state index is 12.9. The number of nitrogens with two attached hydrogens (primary N) is 1. The van der Waals surface area contributed by atoms with Crippen LogP contribution in [-0.4, -0.2) is 24.1 Å². The molecule has 1 aliphatic carbocycles. The van der Waals surface area contributed by atoms with Gasteiger partial charge in [0.1, 0.15) is 11.8 Å². The Morgan fingerprint density at radius 3 is 2.50 bits per heavy atom. The van der Waals surface area contributed by atoms with Crippen molar-refractivity contribution in [3.8, 4) is 0 Å². The normalized spacial score (nSPS) is 30.0. The van der Waals surface area contributed by atoms with Crippen LogP contribution >= 0.6 is 0 Å². The fourth-order valence-corrected chi connectivity index (χ4v) is 3.99. The zero-order valence-electron chi connectivity index (χ0n) is 13.4. The number of carbonyl (C=O) groups excluding carboxylic acids is 1. The zero-order valence-corrected chi connectivity index (χ0v) is 13.4. The molecule has 3 rings (SSSR count). The largest absolute Gasteiger partial charge is 0.316 e. The molecule has 0 spiro atoms. The molecule has 1 saturated carbocycles. The van der Waals surface area contributed by atoms with Gasteiger partial charge in [0, 0.05) is 7.05 Å². The molecule has 0 radical (unpaired) electrons. The number of nitrogens with one attached hydrogen (secondary N) is 1. The second-order valence-corrected chi connectivity index (χ2v) is 6.82. The first-order valence-electron chi connectivity index (χ1n) is 8.49. The third kappa shape index (κ3) is 2.77. The van der Waals surface area contributed by atoms with Crippen LogP contribution in [0, 0.1) is 5.92 Å². The smallest absolute Gasteiger partial charge is 0.249 e. The maximum Gasteiger partial charge on any atom is 0.249 e. The van der Waals surface area contributed by atoms with Crippen molar-refractivity contribution in [1.82, 2.24) is 10.2 Å². The molecular formula is C18H27N3O. The third-order valence-corrected chi connectivity index (χ3v) is 5.42. The lowest BCUT2D eigenvalue weighted by molar-refractivity contribution is -0.132. The van der Waals surface area contributed by atoms with Crippen LogP contribution < -0.4 is 11.1 Å². The topological polar surface area (TPSA) is 58.4 Å². The summed E-state index contributed by atoms with van der Waals surface area (Å²) in [5.74, 6) is 0.855. The summed E-state index contributed by atoms with van der Waals surface area (Å²) in [6.07, 6.45) is 8.17. The number of nitrogens with zero attached hydrogens (tertiary/aromatic N) is 1. The number of carbonyl (C=O) groups is 1. The van der Waals surface area contributed by atoms with E-state index in [2.05, 4.69) is 5.32 Å². The summed E-state index contributed by atoms with van der Waals surface area (Å²) in [6, 6.07) is 10.1. The molecule has 1 saturated heterocycles. The van der Waals surface area contributed by atoms with E-state index in [1.807, 2.05) is 30.3 Å². The first-order valence-corrected chi connectivity index (χ1v) is 8.49. The summed E-state index contributed by atoms with van der Waals surface area (Å²) in [6.45, 7) is 0. The fourth-order valence-electron chi connectivity index (χ4n) is 3.99. The molecule has 1 heterocycles. The molecule has 1 amide bonds. The molecule has 1 aromatic rings. The summed E-state index contributed by atoms with van der Waals surface area (Å²) in [5, 5.41) is 3.38. The lowest BCUT2D eigenvalue weighted by Gasteiger charge is -2.31. The molecule has 3 N–H and O–H groups in total. The molecule has 120 valence electrons. The van der Waals surface area contributed by atoms with Crippen LogP contribution in [-0.2, 0) is 10.3 Å². The SMILES string of the molecule is CN1C(=O)C(CCC2CCCCC2)(c2ccccc2)NC1N. The van der Waals surface area contributed by atoms with E-state index in [0.29, 0.717) is 0 Å². The number of amides is 1. The summed E-state index contributed by atoms with van der Waals surface area (Å²) >= 11 is 0. The summed E-state index contributed by atoms with van der Waals surface area (Å²) in [7, 11) is 1.78. The van der Waals surface area contributed by atoms with Crippen molar-refractivity contribution in [1.29, 1.82) is 0 Å². The van der Waals surface area contributed by atoms with Crippen LogP contribution in [0.1, 0.15) is 50.5 Å². The highest BCUT2D eigenvalue weighted by molar-refractivity contribution is 5.89. The molecule has 4 heteroatoms. The van der Waals surface area contributed by atoms with Crippen molar-refractivity contribution >= 4 is 5.91 Å². The van der Waals surface area contributed by atoms with Gasteiger partial charge in [0.2, 0.25) is 5.91 Å². The molecule has 22 heavy (non-hydrogen) atoms. The van der Waals surface area contributed by atoms with Gasteiger partial charge in [0.05, 0.1) is 0 Å². The van der Waals surface area contributed by atoms with Crippen molar-refractivity contribution in [3.63, 3.8) is 0 Å². The quantitative estimate of drug-likeness (QED) is 0.898. The van der Waals surface area contributed by atoms with Crippen LogP contribution in [0.4, 0.5) is 0 Å². The minimum absolute atomic E-state index is 0.0991. The third-order valence-electron chi connectivity index (χ3n) is 5.42. The van der Waals surface area contributed by atoms with Crippen LogP contribution in [0.5, 0.6) is 0 Å². The molecule has 1 aromatic carbocycles. The van der Waals surface area contributed by atoms with Crippen LogP contribution in [0.2, 0.25) is 0 Å². The van der Waals surface area contributed by atoms with Crippen molar-refractivity contribution in [2.75, 3.05) is 7.05 Å². The lowest BCUT2D eigenvalue weighted by atomic mass is 9.79. The van der Waals surface area contributed by atoms with E-state index in [-0.39, 0.29) is 5.91 Å². The van der Waals surface area contributed by atoms with Crippen molar-refractivity contribution < 1.29 is 4.79 Å². The van der Waals surface area contributed by atoms with Crippen LogP contribution in [0.25, 0.3) is 0 Å². The standard InChI is InChI=1S/C18H27N3O/c1-21-16(22)18(20-17(21)19,15-10-6-3-7-11-15)13-12-14-8-4-2-5-9-14/h3,6-7,10-11,14,17,20H,2,4-5,8-9,12-13,19H2,1H3. The van der Waals surface area contributed by atoms with Gasteiger partial charge < -0.3 is 4.90 Å². The first kappa shape index (κ1) is 15.5. The minimum atomic E-state index is -0.646. The Kier molecular flexibility index (Phi) is 4.50. The number of rotatable bonds is 4. The Morgan fingerprint density at radius 2 is 1.91 bits per heavy atom. The van der Waals surface area contributed by atoms with Crippen LogP contribution in [0.15, 0.2) is 30.3 Å². The molecule has 2 atom stereocenters. The molecule has 2 unspecified atom stereocenters. The van der Waals surface area contributed by atoms with E-state index in [4.69, 9.17) is 5.73 Å². The van der Waals surface area contributed by atoms with Crippen molar-refractivity contribution in [2.24, 2.45) is 11.7 Å². The molecule has 2 aliphatic rings. The van der Waals surface area contributed by atoms with Gasteiger partial charge in [-0.1, -0.05) is 62.4 Å². The summed E-state index contributed by atoms with van der Waals surface area (Å²) in [4.78, 5) is 14.5. The maximum absolute atomic E-state index is 12.9. The Labute approximate surface area is 133 Å². The molecule has 0 aromatic heterocycles. The fraction of sp³-hybridized carbons (Fsp3) is 0.611. The average molecular weight is 301 g/mol. The molecule has 2 fully saturated rings. The van der Waals surface area contributed by atoms with Gasteiger partial charge >= 0.3 is 0 Å². The van der Waals surface area contributed by atoms with E-state index in [1.165, 1.54) is 32.1 Å². The number of hydrogen-bond acceptors (Lipinski definition) is 3. The van der Waals surface area contributed by atoms with Gasteiger partial charge in [-0.3, -0.25) is 15.8 Å². The predicted molar refractivity (Wildman–Crippen MR) is 87.8 cm³/mol. The lowest BCUT2D eigenvalue weighted by Crippen LogP contribution is -2.47. The number of hydrogen-bond donors (Lipinski definition) is 2. The summed E-state index contributed by atoms with van der Waals surface area (Å²) < 4.78 is 0. The predicted octanol–water partition coefficient (Wildman–Crippen LogP) is 2.55. The van der Waals surface area contributed by atoms with Gasteiger partial charge in [-0.05, 0) is 24.3 Å². The monoisotopic (exact) mass is 301 g/mol.